The lowest BCUT2D eigenvalue weighted by molar-refractivity contribution is 0.463. The number of unbranched alkanes of at least 4 members (excludes halogenated alkanes) is 1. The van der Waals surface area contributed by atoms with Crippen LogP contribution in [0, 0.1) is 0 Å². The third kappa shape index (κ3) is 4.45. The van der Waals surface area contributed by atoms with Gasteiger partial charge in [-0.15, -0.1) is 0 Å². The van der Waals surface area contributed by atoms with Crippen molar-refractivity contribution in [3.05, 3.63) is 17.5 Å². The molecule has 96 valence electrons. The Morgan fingerprint density at radius 2 is 2.18 bits per heavy atom. The molecule has 0 radical (unpaired) electrons. The molecule has 0 spiro atoms. The van der Waals surface area contributed by atoms with E-state index in [0.717, 1.165) is 12.8 Å². The van der Waals surface area contributed by atoms with E-state index < -0.39 is 10.2 Å². The van der Waals surface area contributed by atoms with Crippen molar-refractivity contribution in [1.82, 2.24) is 14.3 Å². The second-order valence-corrected chi connectivity index (χ2v) is 5.67. The fraction of sp³-hybridized carbons (Fsp3) is 0.556. The van der Waals surface area contributed by atoms with Crippen molar-refractivity contribution in [3.8, 4) is 0 Å². The first-order valence-corrected chi connectivity index (χ1v) is 6.99. The van der Waals surface area contributed by atoms with Gasteiger partial charge in [0.05, 0.1) is 12.4 Å². The monoisotopic (exact) mass is 278 g/mol. The van der Waals surface area contributed by atoms with E-state index in [1.165, 1.54) is 23.7 Å². The summed E-state index contributed by atoms with van der Waals surface area (Å²) in [7, 11) is -2.07. The molecule has 6 nitrogen and oxygen atoms in total. The SMILES string of the molecule is CCCCN(C)S(=O)(=O)Nc1cncc(Cl)n1. The zero-order chi connectivity index (χ0) is 12.9. The van der Waals surface area contributed by atoms with Gasteiger partial charge in [0.15, 0.2) is 5.82 Å². The summed E-state index contributed by atoms with van der Waals surface area (Å²) in [6.07, 6.45) is 4.37. The molecule has 1 aromatic heterocycles. The summed E-state index contributed by atoms with van der Waals surface area (Å²) in [5, 5.41) is 0.140. The summed E-state index contributed by atoms with van der Waals surface area (Å²) in [6, 6.07) is 0. The number of rotatable bonds is 6. The van der Waals surface area contributed by atoms with Crippen molar-refractivity contribution in [2.75, 3.05) is 18.3 Å². The second-order valence-electron chi connectivity index (χ2n) is 3.51. The van der Waals surface area contributed by atoms with Gasteiger partial charge in [-0.2, -0.15) is 12.7 Å². The maximum absolute atomic E-state index is 11.8. The van der Waals surface area contributed by atoms with Crippen molar-refractivity contribution < 1.29 is 8.42 Å². The molecule has 0 aliphatic heterocycles. The Hall–Kier alpha value is -0.920. The van der Waals surface area contributed by atoms with Gasteiger partial charge in [0.1, 0.15) is 5.15 Å². The van der Waals surface area contributed by atoms with E-state index in [-0.39, 0.29) is 11.0 Å². The van der Waals surface area contributed by atoms with Gasteiger partial charge in [0.2, 0.25) is 0 Å². The lowest BCUT2D eigenvalue weighted by Crippen LogP contribution is -2.33. The minimum absolute atomic E-state index is 0.112. The first-order chi connectivity index (χ1) is 7.95. The molecule has 1 rings (SSSR count). The smallest absolute Gasteiger partial charge is 0.258 e. The van der Waals surface area contributed by atoms with E-state index in [9.17, 15) is 8.42 Å². The normalized spacial score (nSPS) is 11.8. The van der Waals surface area contributed by atoms with Crippen LogP contribution >= 0.6 is 11.6 Å². The number of aromatic nitrogens is 2. The molecule has 0 unspecified atom stereocenters. The molecule has 1 heterocycles. The second kappa shape index (κ2) is 6.13. The molecule has 1 N–H and O–H groups in total. The Labute approximate surface area is 106 Å². The molecular formula is C9H15ClN4O2S. The lowest BCUT2D eigenvalue weighted by atomic mass is 10.3. The van der Waals surface area contributed by atoms with Gasteiger partial charge in [-0.3, -0.25) is 9.71 Å². The Bertz CT molecular complexity index is 466. The quantitative estimate of drug-likeness (QED) is 0.856. The van der Waals surface area contributed by atoms with Crippen LogP contribution < -0.4 is 4.72 Å². The van der Waals surface area contributed by atoms with Gasteiger partial charge < -0.3 is 0 Å². The highest BCUT2D eigenvalue weighted by molar-refractivity contribution is 7.90. The van der Waals surface area contributed by atoms with E-state index in [1.54, 1.807) is 0 Å². The third-order valence-corrected chi connectivity index (χ3v) is 3.73. The zero-order valence-corrected chi connectivity index (χ0v) is 11.3. The Balaban J connectivity index is 2.72. The van der Waals surface area contributed by atoms with Crippen molar-refractivity contribution in [1.29, 1.82) is 0 Å². The number of nitrogens with zero attached hydrogens (tertiary/aromatic N) is 3. The lowest BCUT2D eigenvalue weighted by Gasteiger charge is -2.17. The summed E-state index contributed by atoms with van der Waals surface area (Å²) in [5.74, 6) is 0.112. The molecule has 0 aliphatic rings. The zero-order valence-electron chi connectivity index (χ0n) is 9.72. The molecule has 1 aromatic rings. The Kier molecular flexibility index (Phi) is 5.10. The molecule has 0 fully saturated rings. The molecule has 0 aliphatic carbocycles. The minimum Gasteiger partial charge on any atom is -0.258 e. The van der Waals surface area contributed by atoms with Gasteiger partial charge in [0.25, 0.3) is 0 Å². The van der Waals surface area contributed by atoms with Crippen LogP contribution in [0.15, 0.2) is 12.4 Å². The maximum Gasteiger partial charge on any atom is 0.302 e. The molecule has 17 heavy (non-hydrogen) atoms. The molecule has 0 aromatic carbocycles. The topological polar surface area (TPSA) is 75.2 Å². The van der Waals surface area contributed by atoms with E-state index in [1.807, 2.05) is 6.92 Å². The molecule has 0 saturated carbocycles. The van der Waals surface area contributed by atoms with Gasteiger partial charge in [-0.25, -0.2) is 4.98 Å². The highest BCUT2D eigenvalue weighted by atomic mass is 35.5. The van der Waals surface area contributed by atoms with Crippen molar-refractivity contribution >= 4 is 27.6 Å². The van der Waals surface area contributed by atoms with Crippen molar-refractivity contribution in [3.63, 3.8) is 0 Å². The van der Waals surface area contributed by atoms with Gasteiger partial charge in [-0.05, 0) is 6.42 Å². The van der Waals surface area contributed by atoms with E-state index in [0.29, 0.717) is 6.54 Å². The van der Waals surface area contributed by atoms with Crippen LogP contribution in [-0.2, 0) is 10.2 Å². The van der Waals surface area contributed by atoms with Crippen LogP contribution in [0.3, 0.4) is 0 Å². The summed E-state index contributed by atoms with van der Waals surface area (Å²) >= 11 is 5.61. The van der Waals surface area contributed by atoms with Gasteiger partial charge >= 0.3 is 10.2 Å². The van der Waals surface area contributed by atoms with Gasteiger partial charge in [-0.1, -0.05) is 24.9 Å². The summed E-state index contributed by atoms with van der Waals surface area (Å²) in [4.78, 5) is 7.56. The number of anilines is 1. The number of hydrogen-bond acceptors (Lipinski definition) is 4. The van der Waals surface area contributed by atoms with E-state index >= 15 is 0 Å². The third-order valence-electron chi connectivity index (χ3n) is 2.08. The molecule has 8 heteroatoms. The van der Waals surface area contributed by atoms with Crippen LogP contribution in [0.2, 0.25) is 5.15 Å². The average Bonchev–Trinajstić information content (AvgIpc) is 2.25. The largest absolute Gasteiger partial charge is 0.302 e. The first kappa shape index (κ1) is 14.1. The minimum atomic E-state index is -3.58. The molecular weight excluding hydrogens is 264 g/mol. The summed E-state index contributed by atoms with van der Waals surface area (Å²) in [6.45, 7) is 2.45. The number of halogens is 1. The van der Waals surface area contributed by atoms with Crippen LogP contribution in [0.4, 0.5) is 5.82 Å². The fourth-order valence-electron chi connectivity index (χ4n) is 1.10. The van der Waals surface area contributed by atoms with Crippen LogP contribution in [-0.4, -0.2) is 36.3 Å². The molecule has 0 saturated heterocycles. The molecule has 0 amide bonds. The van der Waals surface area contributed by atoms with Crippen LogP contribution in [0.25, 0.3) is 0 Å². The Morgan fingerprint density at radius 3 is 2.76 bits per heavy atom. The highest BCUT2D eigenvalue weighted by Gasteiger charge is 2.17. The predicted octanol–water partition coefficient (Wildman–Crippen LogP) is 1.52. The van der Waals surface area contributed by atoms with Crippen molar-refractivity contribution in [2.45, 2.75) is 19.8 Å². The molecule has 0 bridgehead atoms. The maximum atomic E-state index is 11.8. The first-order valence-electron chi connectivity index (χ1n) is 5.17. The Morgan fingerprint density at radius 1 is 1.47 bits per heavy atom. The highest BCUT2D eigenvalue weighted by Crippen LogP contribution is 2.10. The predicted molar refractivity (Wildman–Crippen MR) is 67.1 cm³/mol. The van der Waals surface area contributed by atoms with Crippen molar-refractivity contribution in [2.24, 2.45) is 0 Å². The standard InChI is InChI=1S/C9H15ClN4O2S/c1-3-4-5-14(2)17(15,16)13-9-7-11-6-8(10)12-9/h6-7H,3-5H2,1-2H3,(H,12,13). The van der Waals surface area contributed by atoms with E-state index in [2.05, 4.69) is 14.7 Å². The van der Waals surface area contributed by atoms with Crippen LogP contribution in [0.5, 0.6) is 0 Å². The summed E-state index contributed by atoms with van der Waals surface area (Å²) in [5.41, 5.74) is 0. The summed E-state index contributed by atoms with van der Waals surface area (Å²) < 4.78 is 27.2. The number of nitrogens with one attached hydrogen (secondary N) is 1. The fourth-order valence-corrected chi connectivity index (χ4v) is 2.14. The average molecular weight is 279 g/mol. The van der Waals surface area contributed by atoms with E-state index in [4.69, 9.17) is 11.6 Å². The van der Waals surface area contributed by atoms with Crippen LogP contribution in [0.1, 0.15) is 19.8 Å². The molecule has 0 atom stereocenters. The number of hydrogen-bond donors (Lipinski definition) is 1. The van der Waals surface area contributed by atoms with Gasteiger partial charge in [0, 0.05) is 13.6 Å².